The number of amides is 2. The van der Waals surface area contributed by atoms with E-state index in [1.54, 1.807) is 17.0 Å². The first-order valence-corrected chi connectivity index (χ1v) is 13.0. The molecule has 0 atom stereocenters. The second-order valence-corrected chi connectivity index (χ2v) is 9.63. The van der Waals surface area contributed by atoms with E-state index in [4.69, 9.17) is 16.0 Å². The zero-order valence-corrected chi connectivity index (χ0v) is 21.9. The van der Waals surface area contributed by atoms with Gasteiger partial charge in [-0.2, -0.15) is 0 Å². The number of carbonyl (C=O) groups excluding carboxylic acids is 2. The van der Waals surface area contributed by atoms with E-state index in [9.17, 15) is 14.0 Å². The molecule has 1 aliphatic heterocycles. The smallest absolute Gasteiger partial charge is 0.254 e. The van der Waals surface area contributed by atoms with Crippen LogP contribution in [0, 0.1) is 5.82 Å². The molecular weight excluding hydrogens is 521 g/mol. The van der Waals surface area contributed by atoms with Gasteiger partial charge in [0.25, 0.3) is 5.91 Å². The maximum Gasteiger partial charge on any atom is 0.254 e. The third kappa shape index (κ3) is 6.43. The van der Waals surface area contributed by atoms with Crippen LogP contribution in [-0.4, -0.2) is 64.5 Å². The van der Waals surface area contributed by atoms with Crippen LogP contribution in [0.5, 0.6) is 0 Å². The molecule has 1 aliphatic rings. The number of halogens is 2. The standard InChI is InChI=1S/C29H27ClFN5O3/c30-25-7-2-1-6-24(25)26-12-13-27(33-32-26)34-14-4-15-35(17-16-34)28(37)20-36(19-23-5-3-18-39-23)29(38)21-8-10-22(31)11-9-21/h1-3,5-13,18H,4,14-17,19-20H2. The zero-order chi connectivity index (χ0) is 27.2. The van der Waals surface area contributed by atoms with E-state index < -0.39 is 5.82 Å². The summed E-state index contributed by atoms with van der Waals surface area (Å²) in [5.74, 6) is 0.312. The van der Waals surface area contributed by atoms with Gasteiger partial charge in [-0.1, -0.05) is 29.8 Å². The van der Waals surface area contributed by atoms with E-state index in [2.05, 4.69) is 15.1 Å². The highest BCUT2D eigenvalue weighted by Gasteiger charge is 2.25. The Morgan fingerprint density at radius 3 is 2.46 bits per heavy atom. The summed E-state index contributed by atoms with van der Waals surface area (Å²) in [5, 5.41) is 9.39. The number of anilines is 1. The van der Waals surface area contributed by atoms with Crippen LogP contribution in [0.3, 0.4) is 0 Å². The SMILES string of the molecule is O=C(CN(Cc1ccco1)C(=O)c1ccc(F)cc1)N1CCCN(c2ccc(-c3ccccc3Cl)nn2)CC1. The lowest BCUT2D eigenvalue weighted by Crippen LogP contribution is -2.44. The molecule has 0 saturated carbocycles. The summed E-state index contributed by atoms with van der Waals surface area (Å²) in [7, 11) is 0. The molecule has 0 N–H and O–H groups in total. The van der Waals surface area contributed by atoms with Crippen molar-refractivity contribution in [2.24, 2.45) is 0 Å². The maximum atomic E-state index is 13.4. The minimum atomic E-state index is -0.433. The highest BCUT2D eigenvalue weighted by molar-refractivity contribution is 6.33. The first-order chi connectivity index (χ1) is 19.0. The monoisotopic (exact) mass is 547 g/mol. The van der Waals surface area contributed by atoms with Crippen LogP contribution in [0.2, 0.25) is 5.02 Å². The number of benzene rings is 2. The number of aromatic nitrogens is 2. The predicted molar refractivity (Wildman–Crippen MR) is 146 cm³/mol. The summed E-state index contributed by atoms with van der Waals surface area (Å²) in [5.41, 5.74) is 1.81. The van der Waals surface area contributed by atoms with Crippen molar-refractivity contribution >= 4 is 29.2 Å². The van der Waals surface area contributed by atoms with E-state index in [0.29, 0.717) is 48.2 Å². The molecule has 0 aliphatic carbocycles. The van der Waals surface area contributed by atoms with Gasteiger partial charge in [0.05, 0.1) is 23.5 Å². The highest BCUT2D eigenvalue weighted by atomic mass is 35.5. The fourth-order valence-corrected chi connectivity index (χ4v) is 4.76. The molecule has 10 heteroatoms. The normalized spacial score (nSPS) is 13.7. The largest absolute Gasteiger partial charge is 0.467 e. The van der Waals surface area contributed by atoms with Gasteiger partial charge in [-0.15, -0.1) is 10.2 Å². The Labute approximate surface area is 230 Å². The summed E-state index contributed by atoms with van der Waals surface area (Å²) in [6.07, 6.45) is 2.26. The van der Waals surface area contributed by atoms with Crippen molar-refractivity contribution in [3.05, 3.63) is 101 Å². The predicted octanol–water partition coefficient (Wildman–Crippen LogP) is 4.91. The first-order valence-electron chi connectivity index (χ1n) is 12.7. The quantitative estimate of drug-likeness (QED) is 0.327. The van der Waals surface area contributed by atoms with Crippen molar-refractivity contribution in [1.82, 2.24) is 20.0 Å². The van der Waals surface area contributed by atoms with Gasteiger partial charge in [-0.25, -0.2) is 4.39 Å². The minimum Gasteiger partial charge on any atom is -0.467 e. The summed E-state index contributed by atoms with van der Waals surface area (Å²) >= 11 is 6.29. The molecule has 5 rings (SSSR count). The van der Waals surface area contributed by atoms with Gasteiger partial charge in [-0.05, 0) is 61.0 Å². The number of furan rings is 1. The van der Waals surface area contributed by atoms with E-state index in [1.807, 2.05) is 36.4 Å². The summed E-state index contributed by atoms with van der Waals surface area (Å²) < 4.78 is 18.8. The molecule has 0 radical (unpaired) electrons. The second kappa shape index (κ2) is 12.1. The van der Waals surface area contributed by atoms with Crippen LogP contribution in [-0.2, 0) is 11.3 Å². The number of carbonyl (C=O) groups is 2. The van der Waals surface area contributed by atoms with E-state index in [1.165, 1.54) is 35.4 Å². The Bertz CT molecular complexity index is 1410. The van der Waals surface area contributed by atoms with Gasteiger partial charge in [0, 0.05) is 37.3 Å². The molecule has 0 unspecified atom stereocenters. The number of nitrogens with zero attached hydrogens (tertiary/aromatic N) is 5. The molecule has 2 aromatic heterocycles. The molecule has 0 spiro atoms. The molecule has 0 bridgehead atoms. The Morgan fingerprint density at radius 2 is 1.74 bits per heavy atom. The summed E-state index contributed by atoms with van der Waals surface area (Å²) in [6, 6.07) is 20.1. The van der Waals surface area contributed by atoms with Gasteiger partial charge in [0.15, 0.2) is 5.82 Å². The third-order valence-corrected chi connectivity index (χ3v) is 6.93. The Kier molecular flexibility index (Phi) is 8.17. The van der Waals surface area contributed by atoms with E-state index in [-0.39, 0.29) is 24.9 Å². The average molecular weight is 548 g/mol. The second-order valence-electron chi connectivity index (χ2n) is 9.23. The maximum absolute atomic E-state index is 13.4. The van der Waals surface area contributed by atoms with Gasteiger partial charge in [0.2, 0.25) is 5.91 Å². The van der Waals surface area contributed by atoms with Crippen LogP contribution in [0.25, 0.3) is 11.3 Å². The molecule has 3 heterocycles. The van der Waals surface area contributed by atoms with Gasteiger partial charge in [0.1, 0.15) is 18.1 Å². The molecule has 1 fully saturated rings. The molecule has 39 heavy (non-hydrogen) atoms. The lowest BCUT2D eigenvalue weighted by molar-refractivity contribution is -0.131. The van der Waals surface area contributed by atoms with Crippen molar-refractivity contribution in [3.63, 3.8) is 0 Å². The minimum absolute atomic E-state index is 0.122. The molecule has 8 nitrogen and oxygen atoms in total. The lowest BCUT2D eigenvalue weighted by Gasteiger charge is -2.27. The molecule has 2 aromatic carbocycles. The Balaban J connectivity index is 1.24. The van der Waals surface area contributed by atoms with Gasteiger partial charge >= 0.3 is 0 Å². The first kappa shape index (κ1) is 26.4. The molecule has 2 amide bonds. The molecule has 1 saturated heterocycles. The van der Waals surface area contributed by atoms with Crippen molar-refractivity contribution in [3.8, 4) is 11.3 Å². The molecular formula is C29H27ClFN5O3. The van der Waals surface area contributed by atoms with Crippen LogP contribution < -0.4 is 4.90 Å². The molecule has 4 aromatic rings. The fourth-order valence-electron chi connectivity index (χ4n) is 4.53. The number of hydrogen-bond donors (Lipinski definition) is 0. The highest BCUT2D eigenvalue weighted by Crippen LogP contribution is 2.26. The van der Waals surface area contributed by atoms with Crippen molar-refractivity contribution in [2.45, 2.75) is 13.0 Å². The van der Waals surface area contributed by atoms with Crippen molar-refractivity contribution < 1.29 is 18.4 Å². The van der Waals surface area contributed by atoms with Crippen molar-refractivity contribution in [2.75, 3.05) is 37.6 Å². The third-order valence-electron chi connectivity index (χ3n) is 6.60. The lowest BCUT2D eigenvalue weighted by atomic mass is 10.1. The van der Waals surface area contributed by atoms with Crippen LogP contribution in [0.4, 0.5) is 10.2 Å². The average Bonchev–Trinajstić information content (AvgIpc) is 3.34. The van der Waals surface area contributed by atoms with E-state index >= 15 is 0 Å². The Morgan fingerprint density at radius 1 is 0.923 bits per heavy atom. The van der Waals surface area contributed by atoms with Gasteiger partial charge in [-0.3, -0.25) is 9.59 Å². The van der Waals surface area contributed by atoms with Crippen LogP contribution in [0.1, 0.15) is 22.5 Å². The topological polar surface area (TPSA) is 82.8 Å². The molecule has 200 valence electrons. The summed E-state index contributed by atoms with van der Waals surface area (Å²) in [6.45, 7) is 2.34. The van der Waals surface area contributed by atoms with E-state index in [0.717, 1.165) is 17.8 Å². The zero-order valence-electron chi connectivity index (χ0n) is 21.2. The van der Waals surface area contributed by atoms with Crippen molar-refractivity contribution in [1.29, 1.82) is 0 Å². The fraction of sp³-hybridized carbons (Fsp3) is 0.241. The van der Waals surface area contributed by atoms with Crippen LogP contribution >= 0.6 is 11.6 Å². The Hall–Kier alpha value is -4.24. The van der Waals surface area contributed by atoms with Gasteiger partial charge < -0.3 is 19.1 Å². The van der Waals surface area contributed by atoms with Crippen LogP contribution in [0.15, 0.2) is 83.5 Å². The number of rotatable bonds is 7. The number of hydrogen-bond acceptors (Lipinski definition) is 6. The summed E-state index contributed by atoms with van der Waals surface area (Å²) in [4.78, 5) is 31.8.